The summed E-state index contributed by atoms with van der Waals surface area (Å²) < 4.78 is 5.53. The number of ether oxygens (including phenoxy) is 1. The largest absolute Gasteiger partial charge is 0.494 e. The van der Waals surface area contributed by atoms with Crippen molar-refractivity contribution < 1.29 is 14.3 Å². The van der Waals surface area contributed by atoms with Gasteiger partial charge in [0.25, 0.3) is 5.91 Å². The molecule has 0 bridgehead atoms. The van der Waals surface area contributed by atoms with Crippen molar-refractivity contribution in [3.63, 3.8) is 0 Å². The molecule has 6 heteroatoms. The summed E-state index contributed by atoms with van der Waals surface area (Å²) in [6.45, 7) is 5.05. The van der Waals surface area contributed by atoms with E-state index in [1.165, 1.54) is 0 Å². The Morgan fingerprint density at radius 1 is 1.03 bits per heavy atom. The minimum atomic E-state index is -1.03. The molecule has 0 aromatic heterocycles. The molecular formula is C27H27ClN2O3. The van der Waals surface area contributed by atoms with Crippen molar-refractivity contribution in [2.24, 2.45) is 0 Å². The molecule has 1 atom stereocenters. The van der Waals surface area contributed by atoms with Crippen LogP contribution in [0.25, 0.3) is 0 Å². The lowest BCUT2D eigenvalue weighted by molar-refractivity contribution is -0.132. The molecule has 5 nitrogen and oxygen atoms in total. The lowest BCUT2D eigenvalue weighted by Gasteiger charge is -2.44. The van der Waals surface area contributed by atoms with Crippen LogP contribution in [0.2, 0.25) is 5.02 Å². The number of nitrogens with one attached hydrogen (secondary N) is 1. The van der Waals surface area contributed by atoms with E-state index in [0.717, 1.165) is 22.4 Å². The van der Waals surface area contributed by atoms with Crippen LogP contribution < -0.4 is 10.1 Å². The minimum absolute atomic E-state index is 0.144. The zero-order valence-electron chi connectivity index (χ0n) is 18.8. The third-order valence-corrected chi connectivity index (χ3v) is 6.31. The van der Waals surface area contributed by atoms with Gasteiger partial charge in [-0.25, -0.2) is 0 Å². The number of carbonyl (C=O) groups excluding carboxylic acids is 2. The zero-order valence-corrected chi connectivity index (χ0v) is 19.6. The minimum Gasteiger partial charge on any atom is -0.494 e. The van der Waals surface area contributed by atoms with E-state index in [-0.39, 0.29) is 11.8 Å². The first-order chi connectivity index (χ1) is 15.9. The van der Waals surface area contributed by atoms with E-state index < -0.39 is 5.54 Å². The smallest absolute Gasteiger partial charge is 0.255 e. The van der Waals surface area contributed by atoms with Gasteiger partial charge in [-0.05, 0) is 60.9 Å². The molecule has 33 heavy (non-hydrogen) atoms. The molecule has 2 amide bonds. The highest BCUT2D eigenvalue weighted by Gasteiger charge is 2.46. The molecule has 0 spiro atoms. The number of hydrogen-bond acceptors (Lipinski definition) is 3. The Balaban J connectivity index is 1.61. The molecule has 0 unspecified atom stereocenters. The van der Waals surface area contributed by atoms with Crippen LogP contribution in [0.5, 0.6) is 5.75 Å². The van der Waals surface area contributed by atoms with Crippen molar-refractivity contribution in [1.29, 1.82) is 0 Å². The van der Waals surface area contributed by atoms with Gasteiger partial charge < -0.3 is 15.0 Å². The van der Waals surface area contributed by atoms with Crippen LogP contribution in [0, 0.1) is 0 Å². The zero-order chi connectivity index (χ0) is 23.4. The summed E-state index contributed by atoms with van der Waals surface area (Å²) in [6, 6.07) is 22.5. The fraction of sp³-hybridized carbons (Fsp3) is 0.259. The van der Waals surface area contributed by atoms with Gasteiger partial charge in [0.2, 0.25) is 5.91 Å². The summed E-state index contributed by atoms with van der Waals surface area (Å²) in [5, 5.41) is 3.67. The van der Waals surface area contributed by atoms with E-state index >= 15 is 0 Å². The van der Waals surface area contributed by atoms with Gasteiger partial charge in [0, 0.05) is 30.1 Å². The highest BCUT2D eigenvalue weighted by atomic mass is 35.5. The maximum absolute atomic E-state index is 13.5. The fourth-order valence-electron chi connectivity index (χ4n) is 4.18. The maximum Gasteiger partial charge on any atom is 0.255 e. The number of hydrogen-bond donors (Lipinski definition) is 1. The van der Waals surface area contributed by atoms with Crippen LogP contribution in [0.3, 0.4) is 0 Å². The lowest BCUT2D eigenvalue weighted by Crippen LogP contribution is -2.62. The molecule has 0 fully saturated rings. The summed E-state index contributed by atoms with van der Waals surface area (Å²) in [5.41, 5.74) is 2.37. The quantitative estimate of drug-likeness (QED) is 0.536. The van der Waals surface area contributed by atoms with E-state index in [0.29, 0.717) is 36.7 Å². The molecule has 0 radical (unpaired) electrons. The predicted octanol–water partition coefficient (Wildman–Crippen LogP) is 5.01. The predicted molar refractivity (Wildman–Crippen MR) is 129 cm³/mol. The van der Waals surface area contributed by atoms with Crippen molar-refractivity contribution >= 4 is 23.4 Å². The fourth-order valence-corrected chi connectivity index (χ4v) is 4.31. The highest BCUT2D eigenvalue weighted by molar-refractivity contribution is 6.30. The molecule has 1 heterocycles. The number of carbonyl (C=O) groups is 2. The Labute approximate surface area is 199 Å². The molecule has 0 saturated heterocycles. The van der Waals surface area contributed by atoms with Crippen molar-refractivity contribution in [2.45, 2.75) is 38.9 Å². The van der Waals surface area contributed by atoms with Crippen LogP contribution in [-0.4, -0.2) is 28.9 Å². The molecule has 4 rings (SSSR count). The van der Waals surface area contributed by atoms with Crippen LogP contribution >= 0.6 is 11.6 Å². The van der Waals surface area contributed by atoms with Crippen LogP contribution in [-0.2, 0) is 24.3 Å². The Morgan fingerprint density at radius 2 is 1.70 bits per heavy atom. The van der Waals surface area contributed by atoms with Crippen LogP contribution in [0.15, 0.2) is 72.8 Å². The van der Waals surface area contributed by atoms with Crippen LogP contribution in [0.1, 0.15) is 40.9 Å². The molecule has 170 valence electrons. The number of halogens is 1. The van der Waals surface area contributed by atoms with Gasteiger partial charge >= 0.3 is 0 Å². The SMILES string of the molecule is CCOc1ccc(CN2C(=O)c3ccccc3C[C@@]2(C)C(=O)NCc2ccc(Cl)cc2)cc1. The van der Waals surface area contributed by atoms with E-state index in [1.807, 2.05) is 74.5 Å². The molecule has 0 saturated carbocycles. The summed E-state index contributed by atoms with van der Waals surface area (Å²) in [6.07, 6.45) is 0.443. The molecular weight excluding hydrogens is 436 g/mol. The lowest BCUT2D eigenvalue weighted by atomic mass is 9.82. The summed E-state index contributed by atoms with van der Waals surface area (Å²) in [4.78, 5) is 28.7. The van der Waals surface area contributed by atoms with Gasteiger partial charge in [-0.2, -0.15) is 0 Å². The Bertz CT molecular complexity index is 1140. The number of nitrogens with zero attached hydrogens (tertiary/aromatic N) is 1. The number of fused-ring (bicyclic) bond motifs is 1. The maximum atomic E-state index is 13.5. The molecule has 1 N–H and O–H groups in total. The number of benzene rings is 3. The second-order valence-electron chi connectivity index (χ2n) is 8.39. The standard InChI is InChI=1S/C27H27ClN2O3/c1-3-33-23-14-10-20(11-15-23)18-30-25(31)24-7-5-4-6-21(24)16-27(30,2)26(32)29-17-19-8-12-22(28)13-9-19/h4-15H,3,16-18H2,1-2H3,(H,29,32)/t27-/m0/s1. The van der Waals surface area contributed by atoms with Gasteiger partial charge in [0.15, 0.2) is 0 Å². The number of amides is 2. The first-order valence-corrected chi connectivity index (χ1v) is 11.4. The number of rotatable bonds is 7. The van der Waals surface area contributed by atoms with E-state index in [1.54, 1.807) is 17.0 Å². The summed E-state index contributed by atoms with van der Waals surface area (Å²) >= 11 is 5.97. The van der Waals surface area contributed by atoms with Gasteiger partial charge in [-0.3, -0.25) is 9.59 Å². The van der Waals surface area contributed by atoms with Gasteiger partial charge in [-0.1, -0.05) is 54.1 Å². The second-order valence-corrected chi connectivity index (χ2v) is 8.82. The normalized spacial score (nSPS) is 17.4. The molecule has 3 aromatic carbocycles. The van der Waals surface area contributed by atoms with Crippen LogP contribution in [0.4, 0.5) is 0 Å². The Morgan fingerprint density at radius 3 is 2.39 bits per heavy atom. The summed E-state index contributed by atoms with van der Waals surface area (Å²) in [5.74, 6) is 0.446. The third kappa shape index (κ3) is 4.88. The molecule has 3 aromatic rings. The Kier molecular flexibility index (Phi) is 6.70. The van der Waals surface area contributed by atoms with E-state index in [9.17, 15) is 9.59 Å². The highest BCUT2D eigenvalue weighted by Crippen LogP contribution is 2.33. The summed E-state index contributed by atoms with van der Waals surface area (Å²) in [7, 11) is 0. The topological polar surface area (TPSA) is 58.6 Å². The second kappa shape index (κ2) is 9.67. The molecule has 0 aliphatic carbocycles. The van der Waals surface area contributed by atoms with Gasteiger partial charge in [-0.15, -0.1) is 0 Å². The Hall–Kier alpha value is -3.31. The van der Waals surface area contributed by atoms with Crippen molar-refractivity contribution in [2.75, 3.05) is 6.61 Å². The van der Waals surface area contributed by atoms with Gasteiger partial charge in [0.05, 0.1) is 6.61 Å². The van der Waals surface area contributed by atoms with E-state index in [4.69, 9.17) is 16.3 Å². The van der Waals surface area contributed by atoms with Crippen molar-refractivity contribution in [1.82, 2.24) is 10.2 Å². The molecule has 1 aliphatic heterocycles. The van der Waals surface area contributed by atoms with Crippen molar-refractivity contribution in [3.8, 4) is 5.75 Å². The first kappa shape index (κ1) is 22.9. The first-order valence-electron chi connectivity index (χ1n) is 11.0. The molecule has 1 aliphatic rings. The average Bonchev–Trinajstić information content (AvgIpc) is 2.82. The average molecular weight is 463 g/mol. The third-order valence-electron chi connectivity index (χ3n) is 6.05. The van der Waals surface area contributed by atoms with E-state index in [2.05, 4.69) is 5.32 Å². The van der Waals surface area contributed by atoms with Gasteiger partial charge in [0.1, 0.15) is 11.3 Å². The van der Waals surface area contributed by atoms with Crippen molar-refractivity contribution in [3.05, 3.63) is 100 Å². The monoisotopic (exact) mass is 462 g/mol.